The number of H-pyrrole nitrogens is 1. The van der Waals surface area contributed by atoms with Gasteiger partial charge in [-0.3, -0.25) is 4.79 Å². The van der Waals surface area contributed by atoms with Gasteiger partial charge in [0.1, 0.15) is 5.82 Å². The third kappa shape index (κ3) is 5.58. The second-order valence-electron chi connectivity index (χ2n) is 8.06. The van der Waals surface area contributed by atoms with Gasteiger partial charge >= 0.3 is 11.6 Å². The van der Waals surface area contributed by atoms with Crippen molar-refractivity contribution >= 4 is 34.2 Å². The van der Waals surface area contributed by atoms with Crippen LogP contribution in [-0.2, 0) is 16.4 Å². The Morgan fingerprint density at radius 2 is 1.94 bits per heavy atom. The molecule has 7 nitrogen and oxygen atoms in total. The van der Waals surface area contributed by atoms with Gasteiger partial charge in [-0.05, 0) is 43.2 Å². The molecule has 1 aliphatic rings. The lowest BCUT2D eigenvalue weighted by molar-refractivity contribution is -0.125. The van der Waals surface area contributed by atoms with Crippen LogP contribution < -0.4 is 10.2 Å². The molecule has 1 saturated heterocycles. The number of anilines is 1. The molecule has 2 N–H and O–H groups in total. The summed E-state index contributed by atoms with van der Waals surface area (Å²) in [6, 6.07) is 16.7. The normalized spacial score (nSPS) is 17.5. The molecule has 0 saturated carbocycles. The maximum Gasteiger partial charge on any atom is 0.335 e. The zero-order valence-electron chi connectivity index (χ0n) is 18.0. The van der Waals surface area contributed by atoms with Crippen LogP contribution in [0.15, 0.2) is 48.5 Å². The predicted octanol–water partition coefficient (Wildman–Crippen LogP) is 3.34. The van der Waals surface area contributed by atoms with E-state index in [1.807, 2.05) is 31.2 Å². The van der Waals surface area contributed by atoms with Crippen molar-refractivity contribution in [3.05, 3.63) is 59.9 Å². The van der Waals surface area contributed by atoms with Gasteiger partial charge in [0.2, 0.25) is 5.91 Å². The molecule has 3 atom stereocenters. The first-order valence-corrected chi connectivity index (χ1v) is 11.1. The van der Waals surface area contributed by atoms with Crippen LogP contribution in [0.5, 0.6) is 0 Å². The summed E-state index contributed by atoms with van der Waals surface area (Å²) in [7, 11) is 0. The van der Waals surface area contributed by atoms with Crippen LogP contribution in [0.25, 0.3) is 11.0 Å². The van der Waals surface area contributed by atoms with Gasteiger partial charge in [0.05, 0.1) is 11.0 Å². The second-order valence-corrected chi connectivity index (χ2v) is 8.20. The molecule has 1 aliphatic heterocycles. The summed E-state index contributed by atoms with van der Waals surface area (Å²) in [4.78, 5) is 23.2. The standard InChI is InChI=1S/C23H28N4O.O2S/c1-15-7-6-8-19(13-15)27-12-11-18(14-27)24-23(28)17(3)16(2)22-25-20-9-4-5-10-21(20)26-22;1-3-2/h4-10,13,16-18H,11-12,14H2,1-3H3,(H,24,28)(H,25,26);/t16-,17-,18+;/m0./s1. The Kier molecular flexibility index (Phi) is 7.57. The molecule has 8 heteroatoms. The number of imidazole rings is 1. The lowest BCUT2D eigenvalue weighted by Crippen LogP contribution is -2.41. The van der Waals surface area contributed by atoms with E-state index >= 15 is 0 Å². The minimum Gasteiger partial charge on any atom is -0.369 e. The van der Waals surface area contributed by atoms with Crippen molar-refractivity contribution in [3.8, 4) is 0 Å². The fourth-order valence-electron chi connectivity index (χ4n) is 3.92. The Balaban J connectivity index is 0.000000858. The summed E-state index contributed by atoms with van der Waals surface area (Å²) in [6.07, 6.45) is 0.978. The molecule has 164 valence electrons. The highest BCUT2D eigenvalue weighted by atomic mass is 32.1. The van der Waals surface area contributed by atoms with Crippen LogP contribution >= 0.6 is 0 Å². The average Bonchev–Trinajstić information content (AvgIpc) is 3.40. The molecule has 0 unspecified atom stereocenters. The molecular formula is C23H28N4O3S. The van der Waals surface area contributed by atoms with E-state index in [1.54, 1.807) is 0 Å². The van der Waals surface area contributed by atoms with Crippen molar-refractivity contribution in [2.24, 2.45) is 5.92 Å². The third-order valence-corrected chi connectivity index (χ3v) is 5.90. The van der Waals surface area contributed by atoms with E-state index in [9.17, 15) is 4.79 Å². The Bertz CT molecular complexity index is 1040. The number of aryl methyl sites for hydroxylation is 1. The molecule has 0 bridgehead atoms. The zero-order chi connectivity index (χ0) is 22.4. The Hall–Kier alpha value is -3.00. The highest BCUT2D eigenvalue weighted by molar-refractivity contribution is 7.51. The molecule has 1 aromatic heterocycles. The molecule has 3 aromatic rings. The first-order valence-electron chi connectivity index (χ1n) is 10.4. The van der Waals surface area contributed by atoms with E-state index < -0.39 is 11.6 Å². The van der Waals surface area contributed by atoms with Crippen molar-refractivity contribution in [1.29, 1.82) is 0 Å². The number of rotatable bonds is 5. The quantitative estimate of drug-likeness (QED) is 0.635. The molecule has 0 radical (unpaired) electrons. The molecule has 31 heavy (non-hydrogen) atoms. The molecule has 2 aromatic carbocycles. The van der Waals surface area contributed by atoms with E-state index in [1.165, 1.54) is 11.3 Å². The summed E-state index contributed by atoms with van der Waals surface area (Å²) >= 11 is -0.750. The number of para-hydroxylation sites is 2. The van der Waals surface area contributed by atoms with Crippen LogP contribution in [0, 0.1) is 12.8 Å². The smallest absolute Gasteiger partial charge is 0.335 e. The van der Waals surface area contributed by atoms with Crippen molar-refractivity contribution < 1.29 is 13.2 Å². The highest BCUT2D eigenvalue weighted by Gasteiger charge is 2.29. The topological polar surface area (TPSA) is 95.2 Å². The number of aromatic amines is 1. The van der Waals surface area contributed by atoms with Crippen LogP contribution in [0.1, 0.15) is 37.6 Å². The average molecular weight is 441 g/mol. The number of carbonyl (C=O) groups is 1. The lowest BCUT2D eigenvalue weighted by atomic mass is 9.94. The summed E-state index contributed by atoms with van der Waals surface area (Å²) in [6.45, 7) is 8.00. The van der Waals surface area contributed by atoms with Crippen LogP contribution in [0.3, 0.4) is 0 Å². The van der Waals surface area contributed by atoms with E-state index in [0.29, 0.717) is 0 Å². The first kappa shape index (κ1) is 22.7. The van der Waals surface area contributed by atoms with Gasteiger partial charge in [0.15, 0.2) is 0 Å². The molecule has 0 spiro atoms. The fraction of sp³-hybridized carbons (Fsp3) is 0.391. The summed E-state index contributed by atoms with van der Waals surface area (Å²) in [5.41, 5.74) is 4.46. The zero-order valence-corrected chi connectivity index (χ0v) is 18.8. The summed E-state index contributed by atoms with van der Waals surface area (Å²) in [5, 5.41) is 3.26. The number of hydrogen-bond acceptors (Lipinski definition) is 5. The number of carbonyl (C=O) groups excluding carboxylic acids is 1. The van der Waals surface area contributed by atoms with Gasteiger partial charge in [0.25, 0.3) is 0 Å². The SMILES string of the molecule is Cc1cccc(N2CC[C@@H](NC(=O)[C@@H](C)[C@H](C)c3nc4ccccc4[nH]3)C2)c1.O=S=O. The number of amides is 1. The second kappa shape index (κ2) is 10.3. The van der Waals surface area contributed by atoms with Crippen LogP contribution in [0.2, 0.25) is 0 Å². The monoisotopic (exact) mass is 440 g/mol. The van der Waals surface area contributed by atoms with Crippen molar-refractivity contribution in [1.82, 2.24) is 15.3 Å². The largest absolute Gasteiger partial charge is 0.369 e. The Labute approximate surface area is 185 Å². The molecule has 4 rings (SSSR count). The first-order chi connectivity index (χ1) is 14.9. The number of nitrogens with zero attached hydrogens (tertiary/aromatic N) is 2. The molecular weight excluding hydrogens is 412 g/mol. The van der Waals surface area contributed by atoms with Gasteiger partial charge in [-0.2, -0.15) is 8.42 Å². The van der Waals surface area contributed by atoms with E-state index in [-0.39, 0.29) is 23.8 Å². The lowest BCUT2D eigenvalue weighted by Gasteiger charge is -2.22. The number of fused-ring (bicyclic) bond motifs is 1. The van der Waals surface area contributed by atoms with E-state index in [4.69, 9.17) is 8.42 Å². The summed E-state index contributed by atoms with van der Waals surface area (Å²) < 4.78 is 16.6. The van der Waals surface area contributed by atoms with Crippen LogP contribution in [-0.4, -0.2) is 43.4 Å². The highest BCUT2D eigenvalue weighted by Crippen LogP contribution is 2.26. The number of nitrogens with one attached hydrogen (secondary N) is 2. The van der Waals surface area contributed by atoms with Gasteiger partial charge in [-0.15, -0.1) is 0 Å². The van der Waals surface area contributed by atoms with Gasteiger partial charge in [-0.25, -0.2) is 4.98 Å². The van der Waals surface area contributed by atoms with Crippen molar-refractivity contribution in [2.45, 2.75) is 39.2 Å². The Morgan fingerprint density at radius 3 is 2.65 bits per heavy atom. The maximum atomic E-state index is 12.9. The van der Waals surface area contributed by atoms with Crippen molar-refractivity contribution in [2.75, 3.05) is 18.0 Å². The van der Waals surface area contributed by atoms with Crippen LogP contribution in [0.4, 0.5) is 5.69 Å². The Morgan fingerprint density at radius 1 is 1.19 bits per heavy atom. The third-order valence-electron chi connectivity index (χ3n) is 5.90. The molecule has 0 aliphatic carbocycles. The van der Waals surface area contributed by atoms with Gasteiger partial charge in [-0.1, -0.05) is 38.1 Å². The van der Waals surface area contributed by atoms with Gasteiger partial charge < -0.3 is 15.2 Å². The van der Waals surface area contributed by atoms with Crippen molar-refractivity contribution in [3.63, 3.8) is 0 Å². The molecule has 1 amide bonds. The van der Waals surface area contributed by atoms with E-state index in [0.717, 1.165) is 36.4 Å². The number of hydrogen-bond donors (Lipinski definition) is 2. The van der Waals surface area contributed by atoms with E-state index in [2.05, 4.69) is 58.3 Å². The minimum atomic E-state index is -0.750. The minimum absolute atomic E-state index is 0.0293. The number of benzene rings is 2. The van der Waals surface area contributed by atoms with Gasteiger partial charge in [0, 0.05) is 36.7 Å². The fourth-order valence-corrected chi connectivity index (χ4v) is 3.92. The molecule has 2 heterocycles. The summed E-state index contributed by atoms with van der Waals surface area (Å²) in [5.74, 6) is 0.857. The number of aromatic nitrogens is 2. The maximum absolute atomic E-state index is 12.9. The predicted molar refractivity (Wildman–Crippen MR) is 123 cm³/mol. The molecule has 1 fully saturated rings.